The fourth-order valence-electron chi connectivity index (χ4n) is 4.99. The van der Waals surface area contributed by atoms with E-state index in [-0.39, 0.29) is 37.6 Å². The summed E-state index contributed by atoms with van der Waals surface area (Å²) in [6.45, 7) is 5.51. The maximum Gasteiger partial charge on any atom is 0.409 e. The number of rotatable bonds is 7. The first-order valence-electron chi connectivity index (χ1n) is 12.6. The number of amidine groups is 1. The number of nitrogens with zero attached hydrogens (tertiary/aromatic N) is 2. The molecule has 0 radical (unpaired) electrons. The van der Waals surface area contributed by atoms with Gasteiger partial charge in [-0.3, -0.25) is 15.0 Å². The van der Waals surface area contributed by atoms with E-state index in [1.165, 1.54) is 4.90 Å². The summed E-state index contributed by atoms with van der Waals surface area (Å²) >= 11 is 0. The zero-order chi connectivity index (χ0) is 26.9. The number of aromatic amines is 1. The number of hydrogen-bond acceptors (Lipinski definition) is 7. The highest BCUT2D eigenvalue weighted by molar-refractivity contribution is 6.02. The molecule has 3 atom stereocenters. The minimum absolute atomic E-state index is 0.0274. The third-order valence-corrected chi connectivity index (χ3v) is 6.83. The molecule has 1 saturated heterocycles. The first kappa shape index (κ1) is 25.3. The van der Waals surface area contributed by atoms with Crippen molar-refractivity contribution in [1.82, 2.24) is 15.2 Å². The predicted molar refractivity (Wildman–Crippen MR) is 139 cm³/mol. The third-order valence-electron chi connectivity index (χ3n) is 6.83. The van der Waals surface area contributed by atoms with Gasteiger partial charge in [0.05, 0.1) is 0 Å². The Labute approximate surface area is 220 Å². The fourth-order valence-corrected chi connectivity index (χ4v) is 4.99. The first-order valence-corrected chi connectivity index (χ1v) is 12.6. The molecule has 3 heterocycles. The number of amides is 2. The lowest BCUT2D eigenvalue weighted by Gasteiger charge is -2.35. The molecule has 38 heavy (non-hydrogen) atoms. The summed E-state index contributed by atoms with van der Waals surface area (Å²) < 4.78 is 16.8. The molecule has 2 aliphatic rings. The van der Waals surface area contributed by atoms with Gasteiger partial charge in [-0.15, -0.1) is 0 Å². The van der Waals surface area contributed by atoms with E-state index >= 15 is 0 Å². The topological polar surface area (TPSA) is 122 Å². The number of hydrogen-bond donors (Lipinski definition) is 2. The van der Waals surface area contributed by atoms with Crippen LogP contribution in [0.25, 0.3) is 10.9 Å². The number of esters is 1. The normalized spacial score (nSPS) is 21.8. The van der Waals surface area contributed by atoms with Crippen LogP contribution in [0.15, 0.2) is 65.8 Å². The maximum absolute atomic E-state index is 13.1. The molecular formula is C28H30N4O6. The molecule has 5 rings (SSSR count). The van der Waals surface area contributed by atoms with E-state index in [0.717, 1.165) is 22.0 Å². The summed E-state index contributed by atoms with van der Waals surface area (Å²) in [5.74, 6) is -1.50. The van der Waals surface area contributed by atoms with Gasteiger partial charge in [-0.05, 0) is 23.1 Å². The van der Waals surface area contributed by atoms with E-state index in [1.54, 1.807) is 0 Å². The average molecular weight is 519 g/mol. The number of carbonyl (C=O) groups is 3. The van der Waals surface area contributed by atoms with E-state index in [9.17, 15) is 14.4 Å². The maximum atomic E-state index is 13.1. The van der Waals surface area contributed by atoms with E-state index < -0.39 is 29.7 Å². The number of nitrogens with one attached hydrogen (secondary N) is 2. The largest absolute Gasteiger partial charge is 0.451 e. The van der Waals surface area contributed by atoms with E-state index in [1.807, 2.05) is 81.6 Å². The Balaban J connectivity index is 1.36. The number of aliphatic imine (C=N–C) groups is 1. The van der Waals surface area contributed by atoms with Gasteiger partial charge in [-0.1, -0.05) is 69.3 Å². The molecule has 2 aliphatic heterocycles. The molecule has 0 bridgehead atoms. The van der Waals surface area contributed by atoms with E-state index in [0.29, 0.717) is 0 Å². The van der Waals surface area contributed by atoms with Gasteiger partial charge >= 0.3 is 18.1 Å². The molecular weight excluding hydrogens is 488 g/mol. The Morgan fingerprint density at radius 3 is 2.66 bits per heavy atom. The van der Waals surface area contributed by atoms with Crippen molar-refractivity contribution in [2.24, 2.45) is 10.9 Å². The number of para-hydroxylation sites is 1. The lowest BCUT2D eigenvalue weighted by Crippen LogP contribution is -2.63. The van der Waals surface area contributed by atoms with Crippen LogP contribution < -0.4 is 5.32 Å². The van der Waals surface area contributed by atoms with Gasteiger partial charge < -0.3 is 19.2 Å². The Morgan fingerprint density at radius 1 is 1.16 bits per heavy atom. The molecule has 0 spiro atoms. The Hall–Kier alpha value is -4.34. The first-order chi connectivity index (χ1) is 18.3. The summed E-state index contributed by atoms with van der Waals surface area (Å²) in [6.07, 6.45) is 0.347. The summed E-state index contributed by atoms with van der Waals surface area (Å²) in [6, 6.07) is 16.9. The van der Waals surface area contributed by atoms with Gasteiger partial charge in [0.1, 0.15) is 6.61 Å². The van der Waals surface area contributed by atoms with Crippen molar-refractivity contribution >= 4 is 34.9 Å². The highest BCUT2D eigenvalue weighted by Gasteiger charge is 2.56. The van der Waals surface area contributed by atoms with Crippen molar-refractivity contribution in [2.45, 2.75) is 51.5 Å². The zero-order valence-electron chi connectivity index (χ0n) is 21.5. The fraction of sp³-hybridized carbons (Fsp3) is 0.357. The molecule has 0 saturated carbocycles. The van der Waals surface area contributed by atoms with Crippen molar-refractivity contribution in [2.75, 3.05) is 6.73 Å². The predicted octanol–water partition coefficient (Wildman–Crippen LogP) is 4.04. The number of ether oxygens (including phenoxy) is 3. The van der Waals surface area contributed by atoms with Crippen molar-refractivity contribution in [3.8, 4) is 0 Å². The van der Waals surface area contributed by atoms with Crippen LogP contribution in [0.4, 0.5) is 4.79 Å². The summed E-state index contributed by atoms with van der Waals surface area (Å²) in [4.78, 5) is 47.8. The minimum Gasteiger partial charge on any atom is -0.451 e. The number of cyclic esters (lactones) is 1. The number of aromatic nitrogens is 1. The number of carbonyl (C=O) groups excluding carboxylic acids is 3. The van der Waals surface area contributed by atoms with Gasteiger partial charge in [-0.2, -0.15) is 4.99 Å². The molecule has 1 aromatic heterocycles. The molecule has 2 aromatic carbocycles. The molecule has 2 amide bonds. The van der Waals surface area contributed by atoms with Crippen LogP contribution >= 0.6 is 0 Å². The van der Waals surface area contributed by atoms with Crippen molar-refractivity contribution in [3.63, 3.8) is 0 Å². The average Bonchev–Trinajstić information content (AvgIpc) is 3.58. The lowest BCUT2D eigenvalue weighted by atomic mass is 9.94. The van der Waals surface area contributed by atoms with Crippen LogP contribution in [0.5, 0.6) is 0 Å². The quantitative estimate of drug-likeness (QED) is 0.453. The number of fused-ring (bicyclic) bond motifs is 1. The van der Waals surface area contributed by atoms with Gasteiger partial charge in [0.25, 0.3) is 5.91 Å². The van der Waals surface area contributed by atoms with Gasteiger partial charge in [0, 0.05) is 29.4 Å². The van der Waals surface area contributed by atoms with Gasteiger partial charge in [-0.25, -0.2) is 9.59 Å². The molecule has 1 fully saturated rings. The molecule has 10 heteroatoms. The van der Waals surface area contributed by atoms with Gasteiger partial charge in [0.2, 0.25) is 5.66 Å². The smallest absolute Gasteiger partial charge is 0.409 e. The molecule has 2 N–H and O–H groups in total. The monoisotopic (exact) mass is 518 g/mol. The number of H-pyrrole nitrogens is 1. The van der Waals surface area contributed by atoms with Crippen LogP contribution in [0, 0.1) is 5.92 Å². The van der Waals surface area contributed by atoms with Crippen LogP contribution in [0.2, 0.25) is 0 Å². The van der Waals surface area contributed by atoms with Crippen molar-refractivity contribution in [3.05, 3.63) is 71.9 Å². The molecule has 10 nitrogen and oxygen atoms in total. The van der Waals surface area contributed by atoms with Crippen LogP contribution in [-0.2, 0) is 30.4 Å². The second kappa shape index (κ2) is 10.2. The van der Waals surface area contributed by atoms with Crippen LogP contribution in [0.1, 0.15) is 44.2 Å². The molecule has 0 unspecified atom stereocenters. The lowest BCUT2D eigenvalue weighted by molar-refractivity contribution is -0.144. The highest BCUT2D eigenvalue weighted by Crippen LogP contribution is 2.35. The molecule has 198 valence electrons. The van der Waals surface area contributed by atoms with Crippen LogP contribution in [0.3, 0.4) is 0 Å². The summed E-state index contributed by atoms with van der Waals surface area (Å²) in [5, 5.41) is 3.68. The third kappa shape index (κ3) is 4.69. The highest BCUT2D eigenvalue weighted by atomic mass is 16.6. The van der Waals surface area contributed by atoms with E-state index in [4.69, 9.17) is 14.2 Å². The van der Waals surface area contributed by atoms with Crippen molar-refractivity contribution < 1.29 is 28.6 Å². The van der Waals surface area contributed by atoms with E-state index in [2.05, 4.69) is 15.3 Å². The SMILES string of the molecule is CC(C)C[C@@]1(NC(=O)OCc2ccccc2)C(=O)OCN1C1=NC(=O)[C@H]([C@H](C)c2c[nH]c3ccccc23)O1. The molecule has 3 aromatic rings. The Morgan fingerprint density at radius 2 is 1.89 bits per heavy atom. The van der Waals surface area contributed by atoms with Crippen LogP contribution in [-0.4, -0.2) is 52.4 Å². The standard InChI is InChI=1S/C28H30N4O6/c1-17(2)13-28(31-27(35)36-15-19-9-5-4-6-10-19)25(34)37-16-32(28)26-30-24(33)23(38-26)18(3)21-14-29-22-12-8-7-11-20(21)22/h4-12,14,17-18,23,29H,13,15-16H2,1-3H3,(H,31,35)/t18-,23+,28+/m1/s1. The summed E-state index contributed by atoms with van der Waals surface area (Å²) in [5.41, 5.74) is 1.03. The number of benzene rings is 2. The Kier molecular flexibility index (Phi) is 6.79. The second-order valence-corrected chi connectivity index (χ2v) is 9.98. The molecule has 0 aliphatic carbocycles. The Bertz CT molecular complexity index is 1380. The zero-order valence-corrected chi connectivity index (χ0v) is 21.5. The van der Waals surface area contributed by atoms with Crippen molar-refractivity contribution in [1.29, 1.82) is 0 Å². The minimum atomic E-state index is -1.64. The summed E-state index contributed by atoms with van der Waals surface area (Å²) in [7, 11) is 0. The number of alkyl carbamates (subject to hydrolysis) is 1. The van der Waals surface area contributed by atoms with Gasteiger partial charge in [0.15, 0.2) is 12.8 Å². The second-order valence-electron chi connectivity index (χ2n) is 9.98.